The van der Waals surface area contributed by atoms with Gasteiger partial charge < -0.3 is 9.42 Å². The molecular formula is C16H19N3O2. The van der Waals surface area contributed by atoms with Crippen LogP contribution in [-0.4, -0.2) is 22.5 Å². The van der Waals surface area contributed by atoms with E-state index in [1.165, 1.54) is 11.3 Å². The van der Waals surface area contributed by atoms with Gasteiger partial charge in [0.25, 0.3) is 0 Å². The fraction of sp³-hybridized carbons (Fsp3) is 0.438. The summed E-state index contributed by atoms with van der Waals surface area (Å²) in [6, 6.07) is 5.93. The normalized spacial score (nSPS) is 14.1. The van der Waals surface area contributed by atoms with Gasteiger partial charge in [0.1, 0.15) is 0 Å². The van der Waals surface area contributed by atoms with Crippen molar-refractivity contribution >= 4 is 11.5 Å². The first-order chi connectivity index (χ1) is 10.2. The smallest absolute Gasteiger partial charge is 0.246 e. The third kappa shape index (κ3) is 2.82. The average molecular weight is 285 g/mol. The molecule has 21 heavy (non-hydrogen) atoms. The molecule has 0 bridgehead atoms. The molecule has 0 fully saturated rings. The number of ketones is 1. The Hall–Kier alpha value is -2.17. The lowest BCUT2D eigenvalue weighted by atomic mass is 9.98. The Labute approximate surface area is 124 Å². The molecule has 0 atom stereocenters. The summed E-state index contributed by atoms with van der Waals surface area (Å²) in [7, 11) is 0. The second-order valence-corrected chi connectivity index (χ2v) is 5.38. The van der Waals surface area contributed by atoms with Crippen LogP contribution in [-0.2, 0) is 19.4 Å². The number of benzene rings is 1. The zero-order valence-corrected chi connectivity index (χ0v) is 12.4. The summed E-state index contributed by atoms with van der Waals surface area (Å²) in [5.41, 5.74) is 3.17. The Morgan fingerprint density at radius 3 is 3.00 bits per heavy atom. The molecule has 3 rings (SSSR count). The lowest BCUT2D eigenvalue weighted by Crippen LogP contribution is -2.29. The molecule has 5 heteroatoms. The molecule has 0 saturated heterocycles. The van der Waals surface area contributed by atoms with Crippen LogP contribution in [0, 0.1) is 0 Å². The van der Waals surface area contributed by atoms with Crippen molar-refractivity contribution in [3.63, 3.8) is 0 Å². The van der Waals surface area contributed by atoms with Crippen molar-refractivity contribution in [1.82, 2.24) is 10.1 Å². The highest BCUT2D eigenvalue weighted by Gasteiger charge is 2.20. The van der Waals surface area contributed by atoms with Gasteiger partial charge in [-0.3, -0.25) is 4.79 Å². The number of Topliss-reactive ketones (excluding diaryl/α,β-unsaturated/α-hetero) is 1. The minimum Gasteiger partial charge on any atom is -0.362 e. The van der Waals surface area contributed by atoms with Crippen LogP contribution < -0.4 is 4.90 Å². The molecule has 1 aromatic carbocycles. The summed E-state index contributed by atoms with van der Waals surface area (Å²) in [5.74, 6) is 1.50. The molecule has 0 spiro atoms. The van der Waals surface area contributed by atoms with Crippen molar-refractivity contribution in [3.05, 3.63) is 41.0 Å². The number of carbonyl (C=O) groups excluding carboxylic acids is 1. The highest BCUT2D eigenvalue weighted by atomic mass is 16.5. The van der Waals surface area contributed by atoms with Gasteiger partial charge in [0.15, 0.2) is 11.6 Å². The molecule has 2 heterocycles. The molecular weight excluding hydrogens is 266 g/mol. The van der Waals surface area contributed by atoms with Crippen LogP contribution in [0.5, 0.6) is 0 Å². The zero-order chi connectivity index (χ0) is 14.8. The molecule has 0 radical (unpaired) electrons. The maximum atomic E-state index is 11.5. The number of hydrogen-bond donors (Lipinski definition) is 0. The molecule has 1 aliphatic heterocycles. The van der Waals surface area contributed by atoms with E-state index in [1.807, 2.05) is 25.1 Å². The van der Waals surface area contributed by atoms with Crippen LogP contribution >= 0.6 is 0 Å². The van der Waals surface area contributed by atoms with Gasteiger partial charge in [-0.1, -0.05) is 12.1 Å². The molecule has 5 nitrogen and oxygen atoms in total. The van der Waals surface area contributed by atoms with Crippen LogP contribution in [0.15, 0.2) is 22.7 Å². The van der Waals surface area contributed by atoms with Gasteiger partial charge in [-0.15, -0.1) is 0 Å². The summed E-state index contributed by atoms with van der Waals surface area (Å²) >= 11 is 0. The van der Waals surface area contributed by atoms with Crippen molar-refractivity contribution in [1.29, 1.82) is 0 Å². The third-order valence-electron chi connectivity index (χ3n) is 3.85. The van der Waals surface area contributed by atoms with Crippen molar-refractivity contribution in [2.75, 3.05) is 11.4 Å². The topological polar surface area (TPSA) is 59.2 Å². The minimum absolute atomic E-state index is 0.111. The highest BCUT2D eigenvalue weighted by molar-refractivity contribution is 5.94. The van der Waals surface area contributed by atoms with Crippen LogP contribution in [0.25, 0.3) is 0 Å². The van der Waals surface area contributed by atoms with Gasteiger partial charge in [0, 0.05) is 24.2 Å². The molecule has 0 aliphatic carbocycles. The Kier molecular flexibility index (Phi) is 3.73. The van der Waals surface area contributed by atoms with Crippen molar-refractivity contribution < 1.29 is 9.32 Å². The first kappa shape index (κ1) is 13.8. The van der Waals surface area contributed by atoms with Crippen LogP contribution in [0.3, 0.4) is 0 Å². The fourth-order valence-corrected chi connectivity index (χ4v) is 2.72. The van der Waals surface area contributed by atoms with Crippen molar-refractivity contribution in [2.45, 2.75) is 39.7 Å². The van der Waals surface area contributed by atoms with Crippen LogP contribution in [0.4, 0.5) is 5.69 Å². The second-order valence-electron chi connectivity index (χ2n) is 5.38. The molecule has 0 amide bonds. The zero-order valence-electron chi connectivity index (χ0n) is 12.4. The molecule has 110 valence electrons. The Morgan fingerprint density at radius 2 is 2.29 bits per heavy atom. The summed E-state index contributed by atoms with van der Waals surface area (Å²) in [4.78, 5) is 18.1. The number of hydrogen-bond acceptors (Lipinski definition) is 5. The molecule has 1 aromatic heterocycles. The van der Waals surface area contributed by atoms with E-state index in [0.29, 0.717) is 12.4 Å². The third-order valence-corrected chi connectivity index (χ3v) is 3.85. The second kappa shape index (κ2) is 5.68. The number of aromatic nitrogens is 2. The fourth-order valence-electron chi connectivity index (χ4n) is 2.72. The summed E-state index contributed by atoms with van der Waals surface area (Å²) in [5, 5.41) is 3.94. The number of anilines is 1. The minimum atomic E-state index is 0.111. The predicted molar refractivity (Wildman–Crippen MR) is 79.5 cm³/mol. The lowest BCUT2D eigenvalue weighted by Gasteiger charge is -2.30. The summed E-state index contributed by atoms with van der Waals surface area (Å²) < 4.78 is 5.28. The molecule has 0 saturated carbocycles. The number of nitrogens with zero attached hydrogens (tertiary/aromatic N) is 3. The van der Waals surface area contributed by atoms with E-state index in [-0.39, 0.29) is 5.78 Å². The Balaban J connectivity index is 1.84. The molecule has 0 N–H and O–H groups in total. The van der Waals surface area contributed by atoms with Gasteiger partial charge in [0.2, 0.25) is 5.89 Å². The van der Waals surface area contributed by atoms with E-state index in [0.717, 1.165) is 37.2 Å². The number of aryl methyl sites for hydroxylation is 2. The predicted octanol–water partition coefficient (Wildman–Crippen LogP) is 2.79. The van der Waals surface area contributed by atoms with Gasteiger partial charge in [-0.25, -0.2) is 0 Å². The average Bonchev–Trinajstić information content (AvgIpc) is 2.94. The molecule has 0 unspecified atom stereocenters. The lowest BCUT2D eigenvalue weighted by molar-refractivity contribution is 0.101. The van der Waals surface area contributed by atoms with E-state index in [2.05, 4.69) is 15.0 Å². The highest BCUT2D eigenvalue weighted by Crippen LogP contribution is 2.29. The van der Waals surface area contributed by atoms with E-state index in [1.54, 1.807) is 6.92 Å². The van der Waals surface area contributed by atoms with Gasteiger partial charge in [0.05, 0.1) is 6.54 Å². The summed E-state index contributed by atoms with van der Waals surface area (Å²) in [6.07, 6.45) is 2.86. The van der Waals surface area contributed by atoms with Crippen molar-refractivity contribution in [3.8, 4) is 0 Å². The first-order valence-corrected chi connectivity index (χ1v) is 7.37. The standard InChI is InChI=1S/C16H19N3O2/c1-3-15-17-16(21-18-15)10-19-8-4-5-13-9-12(11(2)20)6-7-14(13)19/h6-7,9H,3-5,8,10H2,1-2H3. The molecule has 1 aliphatic rings. The van der Waals surface area contributed by atoms with Crippen molar-refractivity contribution in [2.24, 2.45) is 0 Å². The Morgan fingerprint density at radius 1 is 1.43 bits per heavy atom. The SMILES string of the molecule is CCc1noc(CN2CCCc3cc(C(C)=O)ccc32)n1. The number of fused-ring (bicyclic) bond motifs is 1. The number of rotatable bonds is 4. The maximum absolute atomic E-state index is 11.5. The van der Waals surface area contributed by atoms with E-state index < -0.39 is 0 Å². The van der Waals surface area contributed by atoms with E-state index in [9.17, 15) is 4.79 Å². The van der Waals surface area contributed by atoms with Gasteiger partial charge >= 0.3 is 0 Å². The molecule has 2 aromatic rings. The number of carbonyl (C=O) groups is 1. The first-order valence-electron chi connectivity index (χ1n) is 7.37. The largest absolute Gasteiger partial charge is 0.362 e. The monoisotopic (exact) mass is 285 g/mol. The van der Waals surface area contributed by atoms with Gasteiger partial charge in [-0.2, -0.15) is 4.98 Å². The van der Waals surface area contributed by atoms with E-state index >= 15 is 0 Å². The van der Waals surface area contributed by atoms with Crippen LogP contribution in [0.2, 0.25) is 0 Å². The summed E-state index contributed by atoms with van der Waals surface area (Å²) in [6.45, 7) is 5.21. The maximum Gasteiger partial charge on any atom is 0.246 e. The quantitative estimate of drug-likeness (QED) is 0.808. The van der Waals surface area contributed by atoms with Crippen LogP contribution in [0.1, 0.15) is 47.9 Å². The Bertz CT molecular complexity index is 663. The van der Waals surface area contributed by atoms with E-state index in [4.69, 9.17) is 4.52 Å². The van der Waals surface area contributed by atoms with Gasteiger partial charge in [-0.05, 0) is 43.5 Å².